The molecule has 4 heterocycles. The summed E-state index contributed by atoms with van der Waals surface area (Å²) in [5, 5.41) is 3.93. The molecule has 2 N–H and O–H groups in total. The van der Waals surface area contributed by atoms with E-state index in [-0.39, 0.29) is 30.2 Å². The maximum Gasteiger partial charge on any atom is 0.253 e. The van der Waals surface area contributed by atoms with Crippen molar-refractivity contribution in [2.24, 2.45) is 0 Å². The number of morpholine rings is 1. The first-order chi connectivity index (χ1) is 18.6. The number of ether oxygens (including phenoxy) is 1. The maximum absolute atomic E-state index is 13.7. The number of carbonyl (C=O) groups excluding carboxylic acids is 1. The van der Waals surface area contributed by atoms with Crippen LogP contribution in [0.25, 0.3) is 22.0 Å². The number of aryl methyl sites for hydroxylation is 3. The van der Waals surface area contributed by atoms with Crippen LogP contribution in [0.2, 0.25) is 0 Å². The normalized spacial score (nSPS) is 15.8. The second kappa shape index (κ2) is 10.7. The van der Waals surface area contributed by atoms with Crippen molar-refractivity contribution in [2.75, 3.05) is 24.6 Å². The van der Waals surface area contributed by atoms with Crippen molar-refractivity contribution in [3.05, 3.63) is 81.0 Å². The van der Waals surface area contributed by atoms with Crippen molar-refractivity contribution in [2.45, 2.75) is 60.2 Å². The average Bonchev–Trinajstić information content (AvgIpc) is 3.24. The number of rotatable bonds is 6. The number of anilines is 1. The van der Waals surface area contributed by atoms with Crippen molar-refractivity contribution in [3.63, 3.8) is 0 Å². The fraction of sp³-hybridized carbons (Fsp3) is 0.387. The van der Waals surface area contributed by atoms with Crippen molar-refractivity contribution < 1.29 is 9.53 Å². The zero-order valence-electron chi connectivity index (χ0n) is 23.6. The molecule has 204 valence electrons. The lowest BCUT2D eigenvalue weighted by atomic mass is 9.98. The minimum Gasteiger partial charge on any atom is -0.375 e. The molecule has 1 fully saturated rings. The maximum atomic E-state index is 13.7. The van der Waals surface area contributed by atoms with Gasteiger partial charge in [-0.25, -0.2) is 4.98 Å². The molecule has 0 saturated carbocycles. The lowest BCUT2D eigenvalue weighted by Crippen LogP contribution is -2.41. The van der Waals surface area contributed by atoms with Crippen LogP contribution in [0.4, 0.5) is 5.82 Å². The van der Waals surface area contributed by atoms with Gasteiger partial charge in [0, 0.05) is 71.4 Å². The lowest BCUT2D eigenvalue weighted by molar-refractivity contribution is 0.0529. The number of fused-ring (bicyclic) bond motifs is 1. The Labute approximate surface area is 229 Å². The number of hydrogen-bond acceptors (Lipinski definition) is 5. The largest absolute Gasteiger partial charge is 0.375 e. The molecule has 5 rings (SSSR count). The van der Waals surface area contributed by atoms with Gasteiger partial charge in [-0.05, 0) is 88.6 Å². The van der Waals surface area contributed by atoms with Gasteiger partial charge in [-0.2, -0.15) is 0 Å². The molecule has 1 aromatic carbocycles. The molecule has 3 aromatic heterocycles. The van der Waals surface area contributed by atoms with Crippen LogP contribution in [0.3, 0.4) is 0 Å². The van der Waals surface area contributed by atoms with Gasteiger partial charge >= 0.3 is 0 Å². The predicted octanol–water partition coefficient (Wildman–Crippen LogP) is 5.05. The van der Waals surface area contributed by atoms with E-state index in [2.05, 4.69) is 58.9 Å². The zero-order chi connectivity index (χ0) is 27.8. The Morgan fingerprint density at radius 3 is 2.62 bits per heavy atom. The van der Waals surface area contributed by atoms with Crippen LogP contribution in [0, 0.1) is 20.8 Å². The molecule has 8 nitrogen and oxygen atoms in total. The number of hydrogen-bond donors (Lipinski definition) is 2. The fourth-order valence-corrected chi connectivity index (χ4v) is 5.50. The zero-order valence-corrected chi connectivity index (χ0v) is 23.6. The number of aromatic nitrogens is 3. The van der Waals surface area contributed by atoms with E-state index in [0.29, 0.717) is 17.7 Å². The Morgan fingerprint density at radius 2 is 1.95 bits per heavy atom. The highest BCUT2D eigenvalue weighted by molar-refractivity contribution is 6.09. The molecule has 1 aliphatic rings. The van der Waals surface area contributed by atoms with Gasteiger partial charge in [0.2, 0.25) is 0 Å². The number of amides is 1. The summed E-state index contributed by atoms with van der Waals surface area (Å²) in [6.45, 7) is 14.6. The third-order valence-corrected chi connectivity index (χ3v) is 7.49. The Bertz CT molecular complexity index is 1580. The number of nitrogens with zero attached hydrogens (tertiary/aromatic N) is 3. The Balaban J connectivity index is 1.52. The van der Waals surface area contributed by atoms with E-state index in [1.165, 1.54) is 0 Å². The summed E-state index contributed by atoms with van der Waals surface area (Å²) >= 11 is 0. The average molecular weight is 528 g/mol. The van der Waals surface area contributed by atoms with Gasteiger partial charge in [0.15, 0.2) is 0 Å². The van der Waals surface area contributed by atoms with Gasteiger partial charge in [-0.1, -0.05) is 0 Å². The third kappa shape index (κ3) is 5.34. The van der Waals surface area contributed by atoms with Crippen molar-refractivity contribution in [1.82, 2.24) is 19.9 Å². The predicted molar refractivity (Wildman–Crippen MR) is 156 cm³/mol. The van der Waals surface area contributed by atoms with E-state index < -0.39 is 0 Å². The van der Waals surface area contributed by atoms with Gasteiger partial charge in [-0.15, -0.1) is 0 Å². The van der Waals surface area contributed by atoms with E-state index in [1.54, 1.807) is 0 Å². The monoisotopic (exact) mass is 527 g/mol. The molecule has 1 atom stereocenters. The third-order valence-electron chi connectivity index (χ3n) is 7.49. The van der Waals surface area contributed by atoms with E-state index in [0.717, 1.165) is 57.8 Å². The number of H-pyrrole nitrogens is 1. The molecule has 1 aliphatic heterocycles. The van der Waals surface area contributed by atoms with Gasteiger partial charge in [0.25, 0.3) is 11.5 Å². The summed E-state index contributed by atoms with van der Waals surface area (Å²) in [5.41, 5.74) is 6.54. The summed E-state index contributed by atoms with van der Waals surface area (Å²) in [4.78, 5) is 36.0. The second-order valence-corrected chi connectivity index (χ2v) is 10.9. The quantitative estimate of drug-likeness (QED) is 0.366. The first kappa shape index (κ1) is 26.7. The van der Waals surface area contributed by atoms with Crippen molar-refractivity contribution in [1.29, 1.82) is 0 Å². The highest BCUT2D eigenvalue weighted by atomic mass is 16.5. The van der Waals surface area contributed by atoms with E-state index in [4.69, 9.17) is 9.72 Å². The molecule has 0 aliphatic carbocycles. The van der Waals surface area contributed by atoms with Gasteiger partial charge in [0.05, 0.1) is 12.7 Å². The Kier molecular flexibility index (Phi) is 7.32. The smallest absolute Gasteiger partial charge is 0.253 e. The van der Waals surface area contributed by atoms with Crippen LogP contribution in [0.1, 0.15) is 59.6 Å². The highest BCUT2D eigenvalue weighted by Gasteiger charge is 2.21. The molecule has 1 amide bonds. The molecule has 0 spiro atoms. The first-order valence-corrected chi connectivity index (χ1v) is 13.6. The summed E-state index contributed by atoms with van der Waals surface area (Å²) in [6.07, 6.45) is 4.16. The Morgan fingerprint density at radius 1 is 1.15 bits per heavy atom. The van der Waals surface area contributed by atoms with E-state index in [9.17, 15) is 9.59 Å². The SMILES string of the molecule is Cc1cc(C)c(CNC(=O)c2cc(-c3ccc(N4CCOC(C)C4)nc3)cc3c2c(C)cn3C(C)C)c(=O)[nH]1. The molecule has 4 aromatic rings. The van der Waals surface area contributed by atoms with Gasteiger partial charge < -0.3 is 24.5 Å². The van der Waals surface area contributed by atoms with E-state index in [1.807, 2.05) is 45.2 Å². The summed E-state index contributed by atoms with van der Waals surface area (Å²) < 4.78 is 7.87. The molecule has 0 bridgehead atoms. The molecule has 39 heavy (non-hydrogen) atoms. The molecule has 1 saturated heterocycles. The van der Waals surface area contributed by atoms with Gasteiger partial charge in [-0.3, -0.25) is 9.59 Å². The summed E-state index contributed by atoms with van der Waals surface area (Å²) in [7, 11) is 0. The first-order valence-electron chi connectivity index (χ1n) is 13.6. The molecule has 0 radical (unpaired) electrons. The van der Waals surface area contributed by atoms with Crippen LogP contribution >= 0.6 is 0 Å². The van der Waals surface area contributed by atoms with Crippen LogP contribution in [-0.2, 0) is 11.3 Å². The number of aromatic amines is 1. The minimum atomic E-state index is -0.210. The standard InChI is InChI=1S/C31H37N5O3/c1-18(2)36-16-20(4)29-25(30(37)33-15-26-19(3)11-21(5)34-31(26)38)12-24(13-27(29)36)23-7-8-28(32-14-23)35-9-10-39-22(6)17-35/h7-8,11-14,16,18,22H,9-10,15,17H2,1-6H3,(H,33,37)(H,34,38). The topological polar surface area (TPSA) is 92.2 Å². The molecular weight excluding hydrogens is 490 g/mol. The van der Waals surface area contributed by atoms with Gasteiger partial charge in [0.1, 0.15) is 5.82 Å². The number of nitrogens with one attached hydrogen (secondary N) is 2. The highest BCUT2D eigenvalue weighted by Crippen LogP contribution is 2.33. The van der Waals surface area contributed by atoms with Crippen LogP contribution < -0.4 is 15.8 Å². The molecule has 8 heteroatoms. The number of carbonyl (C=O) groups is 1. The molecular formula is C31H37N5O3. The van der Waals surface area contributed by atoms with Crippen molar-refractivity contribution in [3.8, 4) is 11.1 Å². The Hall–Kier alpha value is -3.91. The fourth-order valence-electron chi connectivity index (χ4n) is 5.50. The minimum absolute atomic E-state index is 0.157. The second-order valence-electron chi connectivity index (χ2n) is 10.9. The summed E-state index contributed by atoms with van der Waals surface area (Å²) in [5.74, 6) is 0.714. The molecule has 1 unspecified atom stereocenters. The van der Waals surface area contributed by atoms with E-state index >= 15 is 0 Å². The lowest BCUT2D eigenvalue weighted by Gasteiger charge is -2.32. The number of benzene rings is 1. The van der Waals surface area contributed by atoms with Crippen molar-refractivity contribution >= 4 is 22.6 Å². The van der Waals surface area contributed by atoms with Crippen LogP contribution in [0.5, 0.6) is 0 Å². The van der Waals surface area contributed by atoms with Crippen LogP contribution in [-0.4, -0.2) is 46.2 Å². The number of pyridine rings is 2. The van der Waals surface area contributed by atoms with Crippen LogP contribution in [0.15, 0.2) is 47.5 Å². The summed E-state index contributed by atoms with van der Waals surface area (Å²) in [6, 6.07) is 10.3.